The maximum atomic E-state index is 5.72. The van der Waals surface area contributed by atoms with Gasteiger partial charge in [0.05, 0.1) is 13.2 Å². The molecular formula is C20H33N3O2. The lowest BCUT2D eigenvalue weighted by molar-refractivity contribution is 0.0888. The molecule has 1 aromatic rings. The monoisotopic (exact) mass is 347 g/mol. The van der Waals surface area contributed by atoms with Crippen molar-refractivity contribution in [3.63, 3.8) is 0 Å². The fourth-order valence-electron chi connectivity index (χ4n) is 3.23. The maximum absolute atomic E-state index is 5.72. The van der Waals surface area contributed by atoms with Gasteiger partial charge in [0, 0.05) is 39.3 Å². The lowest BCUT2D eigenvalue weighted by atomic mass is 10.00. The van der Waals surface area contributed by atoms with Crippen molar-refractivity contribution in [1.29, 1.82) is 0 Å². The lowest BCUT2D eigenvalue weighted by Crippen LogP contribution is -2.37. The van der Waals surface area contributed by atoms with Gasteiger partial charge in [-0.3, -0.25) is 4.99 Å². The summed E-state index contributed by atoms with van der Waals surface area (Å²) in [5, 5.41) is 6.76. The fraction of sp³-hybridized carbons (Fsp3) is 0.650. The van der Waals surface area contributed by atoms with E-state index in [9.17, 15) is 0 Å². The zero-order valence-corrected chi connectivity index (χ0v) is 16.2. The molecule has 0 radical (unpaired) electrons. The van der Waals surface area contributed by atoms with Crippen LogP contribution in [0, 0.1) is 26.7 Å². The molecule has 25 heavy (non-hydrogen) atoms. The molecule has 0 saturated carbocycles. The van der Waals surface area contributed by atoms with Crippen LogP contribution in [-0.4, -0.2) is 46.0 Å². The Labute approximate surface area is 152 Å². The van der Waals surface area contributed by atoms with Gasteiger partial charge < -0.3 is 20.1 Å². The van der Waals surface area contributed by atoms with Crippen molar-refractivity contribution < 1.29 is 9.47 Å². The largest absolute Gasteiger partial charge is 0.381 e. The second-order valence-corrected chi connectivity index (χ2v) is 6.89. The van der Waals surface area contributed by atoms with E-state index < -0.39 is 0 Å². The third-order valence-electron chi connectivity index (χ3n) is 4.63. The molecule has 0 spiro atoms. The van der Waals surface area contributed by atoms with Gasteiger partial charge in [-0.2, -0.15) is 0 Å². The highest BCUT2D eigenvalue weighted by Gasteiger charge is 2.15. The number of benzene rings is 1. The van der Waals surface area contributed by atoms with Crippen LogP contribution in [0.3, 0.4) is 0 Å². The smallest absolute Gasteiger partial charge is 0.191 e. The molecule has 1 saturated heterocycles. The van der Waals surface area contributed by atoms with Crippen molar-refractivity contribution in [2.24, 2.45) is 10.9 Å². The topological polar surface area (TPSA) is 54.9 Å². The number of hydrogen-bond donors (Lipinski definition) is 2. The second kappa shape index (κ2) is 10.4. The molecule has 1 aromatic carbocycles. The molecule has 1 aliphatic heterocycles. The van der Waals surface area contributed by atoms with Gasteiger partial charge in [-0.1, -0.05) is 17.7 Å². The Morgan fingerprint density at radius 2 is 2.00 bits per heavy atom. The lowest BCUT2D eigenvalue weighted by Gasteiger charge is -2.15. The number of nitrogens with zero attached hydrogens (tertiary/aromatic N) is 1. The van der Waals surface area contributed by atoms with Crippen LogP contribution in [0.1, 0.15) is 35.1 Å². The van der Waals surface area contributed by atoms with Gasteiger partial charge in [-0.15, -0.1) is 0 Å². The third kappa shape index (κ3) is 6.67. The van der Waals surface area contributed by atoms with Crippen LogP contribution in [0.5, 0.6) is 0 Å². The first-order chi connectivity index (χ1) is 12.1. The van der Waals surface area contributed by atoms with Gasteiger partial charge in [0.25, 0.3) is 0 Å². The van der Waals surface area contributed by atoms with Crippen LogP contribution >= 0.6 is 0 Å². The molecule has 5 heteroatoms. The molecule has 0 aromatic heterocycles. The maximum Gasteiger partial charge on any atom is 0.191 e. The predicted molar refractivity (Wildman–Crippen MR) is 103 cm³/mol. The molecule has 0 aliphatic carbocycles. The standard InChI is InChI=1S/C20H33N3O2/c1-15-10-16(2)19(17(3)11-15)12-23-20(21-4)22-7-5-8-24-13-18-6-9-25-14-18/h10-11,18H,5-9,12-14H2,1-4H3,(H2,21,22,23). The number of aryl methyl sites for hydroxylation is 3. The minimum atomic E-state index is 0.586. The Kier molecular flexibility index (Phi) is 8.22. The van der Waals surface area contributed by atoms with Crippen molar-refractivity contribution >= 4 is 5.96 Å². The molecule has 140 valence electrons. The summed E-state index contributed by atoms with van der Waals surface area (Å²) in [6, 6.07) is 4.46. The number of aliphatic imine (C=N–C) groups is 1. The van der Waals surface area contributed by atoms with Crippen LogP contribution < -0.4 is 10.6 Å². The van der Waals surface area contributed by atoms with E-state index in [1.807, 2.05) is 0 Å². The molecular weight excluding hydrogens is 314 g/mol. The van der Waals surface area contributed by atoms with E-state index in [1.165, 1.54) is 22.3 Å². The molecule has 0 bridgehead atoms. The normalized spacial score (nSPS) is 17.8. The Morgan fingerprint density at radius 3 is 2.64 bits per heavy atom. The predicted octanol–water partition coefficient (Wildman–Crippen LogP) is 2.72. The van der Waals surface area contributed by atoms with E-state index >= 15 is 0 Å². The van der Waals surface area contributed by atoms with Crippen molar-refractivity contribution in [3.05, 3.63) is 34.4 Å². The SMILES string of the molecule is CN=C(NCCCOCC1CCOC1)NCc1c(C)cc(C)cc1C. The van der Waals surface area contributed by atoms with Crippen LogP contribution in [0.25, 0.3) is 0 Å². The molecule has 1 heterocycles. The van der Waals surface area contributed by atoms with Crippen LogP contribution in [0.2, 0.25) is 0 Å². The van der Waals surface area contributed by atoms with E-state index in [2.05, 4.69) is 48.5 Å². The second-order valence-electron chi connectivity index (χ2n) is 6.89. The number of guanidine groups is 1. The summed E-state index contributed by atoms with van der Waals surface area (Å²) in [6.45, 7) is 11.4. The number of nitrogens with one attached hydrogen (secondary N) is 2. The van der Waals surface area contributed by atoms with Crippen LogP contribution in [0.4, 0.5) is 0 Å². The highest BCUT2D eigenvalue weighted by atomic mass is 16.5. The Bertz CT molecular complexity index is 543. The third-order valence-corrected chi connectivity index (χ3v) is 4.63. The van der Waals surface area contributed by atoms with Gasteiger partial charge in [-0.25, -0.2) is 0 Å². The fourth-order valence-corrected chi connectivity index (χ4v) is 3.23. The number of hydrogen-bond acceptors (Lipinski definition) is 3. The molecule has 0 amide bonds. The number of rotatable bonds is 8. The summed E-state index contributed by atoms with van der Waals surface area (Å²) in [6.07, 6.45) is 2.10. The van der Waals surface area contributed by atoms with Gasteiger partial charge in [0.1, 0.15) is 0 Å². The van der Waals surface area contributed by atoms with E-state index in [0.29, 0.717) is 5.92 Å². The van der Waals surface area contributed by atoms with Crippen molar-refractivity contribution in [3.8, 4) is 0 Å². The highest BCUT2D eigenvalue weighted by molar-refractivity contribution is 5.79. The van der Waals surface area contributed by atoms with Crippen molar-refractivity contribution in [2.75, 3.05) is 40.0 Å². The number of ether oxygens (including phenoxy) is 2. The van der Waals surface area contributed by atoms with E-state index in [-0.39, 0.29) is 0 Å². The van der Waals surface area contributed by atoms with Crippen molar-refractivity contribution in [1.82, 2.24) is 10.6 Å². The molecule has 2 N–H and O–H groups in total. The first kappa shape index (κ1) is 19.7. The van der Waals surface area contributed by atoms with E-state index in [1.54, 1.807) is 7.05 Å². The average molecular weight is 348 g/mol. The summed E-state index contributed by atoms with van der Waals surface area (Å²) >= 11 is 0. The van der Waals surface area contributed by atoms with Gasteiger partial charge in [0.2, 0.25) is 0 Å². The molecule has 1 fully saturated rings. The van der Waals surface area contributed by atoms with E-state index in [4.69, 9.17) is 9.47 Å². The Balaban J connectivity index is 1.63. The Morgan fingerprint density at radius 1 is 1.24 bits per heavy atom. The zero-order chi connectivity index (χ0) is 18.1. The van der Waals surface area contributed by atoms with Gasteiger partial charge in [0.15, 0.2) is 5.96 Å². The Hall–Kier alpha value is -1.59. The minimum absolute atomic E-state index is 0.586. The molecule has 1 aliphatic rings. The van der Waals surface area contributed by atoms with Crippen LogP contribution in [0.15, 0.2) is 17.1 Å². The molecule has 2 rings (SSSR count). The average Bonchev–Trinajstić information content (AvgIpc) is 3.08. The van der Waals surface area contributed by atoms with Gasteiger partial charge >= 0.3 is 0 Å². The van der Waals surface area contributed by atoms with E-state index in [0.717, 1.165) is 58.3 Å². The zero-order valence-electron chi connectivity index (χ0n) is 16.2. The highest BCUT2D eigenvalue weighted by Crippen LogP contribution is 2.16. The quantitative estimate of drug-likeness (QED) is 0.431. The van der Waals surface area contributed by atoms with Crippen LogP contribution in [-0.2, 0) is 16.0 Å². The summed E-state index contributed by atoms with van der Waals surface area (Å²) in [4.78, 5) is 4.30. The summed E-state index contributed by atoms with van der Waals surface area (Å²) < 4.78 is 11.1. The summed E-state index contributed by atoms with van der Waals surface area (Å²) in [5.74, 6) is 1.42. The minimum Gasteiger partial charge on any atom is -0.381 e. The first-order valence-corrected chi connectivity index (χ1v) is 9.27. The van der Waals surface area contributed by atoms with Gasteiger partial charge in [-0.05, 0) is 50.3 Å². The summed E-state index contributed by atoms with van der Waals surface area (Å²) in [5.41, 5.74) is 5.30. The molecule has 1 atom stereocenters. The van der Waals surface area contributed by atoms with Crippen molar-refractivity contribution in [2.45, 2.75) is 40.2 Å². The molecule has 5 nitrogen and oxygen atoms in total. The summed E-state index contributed by atoms with van der Waals surface area (Å²) in [7, 11) is 1.81. The first-order valence-electron chi connectivity index (χ1n) is 9.27. The molecule has 1 unspecified atom stereocenters.